The molecule has 1 aliphatic carbocycles. The molecule has 1 atom stereocenters. The number of nitrogens with zero attached hydrogens (tertiary/aromatic N) is 5. The second-order valence-corrected chi connectivity index (χ2v) is 7.43. The maximum Gasteiger partial charge on any atom is 0.223 e. The molecule has 1 amide bonds. The average Bonchev–Trinajstić information content (AvgIpc) is 3.35. The van der Waals surface area contributed by atoms with Gasteiger partial charge in [0, 0.05) is 45.0 Å². The van der Waals surface area contributed by atoms with Crippen molar-refractivity contribution in [2.75, 3.05) is 31.1 Å². The Hall–Kier alpha value is -2.89. The van der Waals surface area contributed by atoms with Crippen LogP contribution in [0.5, 0.6) is 0 Å². The standard InChI is InChI=1S/C21H23N5O/c27-21(15-17-6-5-16-3-1-2-4-18(16)17)25-13-11-24(12-14-25)20-8-7-19-22-9-10-26(19)23-20/h1-4,7-10,17H,5-6,11-15H2/t17-/m0/s1. The van der Waals surface area contributed by atoms with Gasteiger partial charge in [-0.3, -0.25) is 4.79 Å². The second kappa shape index (κ2) is 6.68. The summed E-state index contributed by atoms with van der Waals surface area (Å²) in [5, 5.41) is 4.61. The molecule has 0 N–H and O–H groups in total. The van der Waals surface area contributed by atoms with Gasteiger partial charge in [0.15, 0.2) is 5.65 Å². The van der Waals surface area contributed by atoms with Crippen LogP contribution in [-0.2, 0) is 11.2 Å². The number of anilines is 1. The summed E-state index contributed by atoms with van der Waals surface area (Å²) in [4.78, 5) is 21.3. The van der Waals surface area contributed by atoms with Crippen LogP contribution in [0.2, 0.25) is 0 Å². The van der Waals surface area contributed by atoms with Gasteiger partial charge in [0.25, 0.3) is 0 Å². The third-order valence-electron chi connectivity index (χ3n) is 5.88. The monoisotopic (exact) mass is 361 g/mol. The number of benzene rings is 1. The zero-order valence-corrected chi connectivity index (χ0v) is 15.3. The first-order valence-electron chi connectivity index (χ1n) is 9.69. The summed E-state index contributed by atoms with van der Waals surface area (Å²) in [6, 6.07) is 12.6. The molecule has 0 saturated carbocycles. The number of rotatable bonds is 3. The fourth-order valence-electron chi connectivity index (χ4n) is 4.36. The van der Waals surface area contributed by atoms with Gasteiger partial charge in [0.1, 0.15) is 5.82 Å². The van der Waals surface area contributed by atoms with Crippen molar-refractivity contribution in [2.24, 2.45) is 0 Å². The molecule has 3 heterocycles. The molecule has 1 aliphatic heterocycles. The van der Waals surface area contributed by atoms with Crippen LogP contribution in [0.3, 0.4) is 0 Å². The summed E-state index contributed by atoms with van der Waals surface area (Å²) < 4.78 is 1.80. The van der Waals surface area contributed by atoms with Crippen molar-refractivity contribution in [3.8, 4) is 0 Å². The second-order valence-electron chi connectivity index (χ2n) is 7.43. The van der Waals surface area contributed by atoms with Crippen molar-refractivity contribution in [3.05, 3.63) is 59.9 Å². The van der Waals surface area contributed by atoms with Gasteiger partial charge >= 0.3 is 0 Å². The number of carbonyl (C=O) groups excluding carboxylic acids is 1. The van der Waals surface area contributed by atoms with Crippen LogP contribution in [0.25, 0.3) is 5.65 Å². The smallest absolute Gasteiger partial charge is 0.223 e. The van der Waals surface area contributed by atoms with E-state index < -0.39 is 0 Å². The van der Waals surface area contributed by atoms with E-state index in [2.05, 4.69) is 39.2 Å². The molecule has 138 valence electrons. The predicted octanol–water partition coefficient (Wildman–Crippen LogP) is 2.50. The first-order chi connectivity index (χ1) is 13.3. The minimum atomic E-state index is 0.286. The highest BCUT2D eigenvalue weighted by molar-refractivity contribution is 5.77. The van der Waals surface area contributed by atoms with Gasteiger partial charge in [-0.1, -0.05) is 24.3 Å². The van der Waals surface area contributed by atoms with Crippen LogP contribution in [0, 0.1) is 0 Å². The first-order valence-corrected chi connectivity index (χ1v) is 9.69. The average molecular weight is 361 g/mol. The van der Waals surface area contributed by atoms with Crippen molar-refractivity contribution in [3.63, 3.8) is 0 Å². The number of carbonyl (C=O) groups is 1. The predicted molar refractivity (Wildman–Crippen MR) is 104 cm³/mol. The molecule has 1 saturated heterocycles. The van der Waals surface area contributed by atoms with Crippen molar-refractivity contribution in [2.45, 2.75) is 25.2 Å². The van der Waals surface area contributed by atoms with Crippen LogP contribution >= 0.6 is 0 Å². The number of aromatic nitrogens is 3. The number of hydrogen-bond acceptors (Lipinski definition) is 4. The Morgan fingerprint density at radius 2 is 1.93 bits per heavy atom. The van der Waals surface area contributed by atoms with Gasteiger partial charge < -0.3 is 9.80 Å². The SMILES string of the molecule is O=C(C[C@@H]1CCc2ccccc21)N1CCN(c2ccc3nccn3n2)CC1. The molecule has 6 nitrogen and oxygen atoms in total. The highest BCUT2D eigenvalue weighted by Gasteiger charge is 2.28. The maximum absolute atomic E-state index is 12.8. The lowest BCUT2D eigenvalue weighted by Gasteiger charge is -2.35. The number of aryl methyl sites for hydroxylation is 1. The number of fused-ring (bicyclic) bond motifs is 2. The van der Waals surface area contributed by atoms with E-state index in [1.54, 1.807) is 10.7 Å². The van der Waals surface area contributed by atoms with Crippen LogP contribution < -0.4 is 4.90 Å². The van der Waals surface area contributed by atoms with E-state index in [1.165, 1.54) is 11.1 Å². The van der Waals surface area contributed by atoms with E-state index in [0.717, 1.165) is 50.5 Å². The summed E-state index contributed by atoms with van der Waals surface area (Å²) in [7, 11) is 0. The molecule has 27 heavy (non-hydrogen) atoms. The first kappa shape index (κ1) is 16.3. The molecule has 5 rings (SSSR count). The zero-order valence-electron chi connectivity index (χ0n) is 15.3. The Morgan fingerprint density at radius 3 is 2.81 bits per heavy atom. The van der Waals surface area contributed by atoms with Gasteiger partial charge in [-0.15, -0.1) is 5.10 Å². The van der Waals surface area contributed by atoms with Crippen LogP contribution in [0.1, 0.15) is 29.9 Å². The topological polar surface area (TPSA) is 53.7 Å². The largest absolute Gasteiger partial charge is 0.352 e. The molecule has 1 fully saturated rings. The fraction of sp³-hybridized carbons (Fsp3) is 0.381. The fourth-order valence-corrected chi connectivity index (χ4v) is 4.36. The molecule has 2 aliphatic rings. The van der Waals surface area contributed by atoms with Gasteiger partial charge in [0.05, 0.1) is 0 Å². The Morgan fingerprint density at radius 1 is 1.07 bits per heavy atom. The van der Waals surface area contributed by atoms with Crippen molar-refractivity contribution < 1.29 is 4.79 Å². The number of amides is 1. The minimum absolute atomic E-state index is 0.286. The highest BCUT2D eigenvalue weighted by atomic mass is 16.2. The number of hydrogen-bond donors (Lipinski definition) is 0. The Balaban J connectivity index is 1.21. The Bertz CT molecular complexity index is 973. The lowest BCUT2D eigenvalue weighted by atomic mass is 9.97. The number of piperazine rings is 1. The summed E-state index contributed by atoms with van der Waals surface area (Å²) in [5.41, 5.74) is 3.65. The Labute approximate surface area is 158 Å². The van der Waals surface area contributed by atoms with E-state index in [1.807, 2.05) is 23.2 Å². The Kier molecular flexibility index (Phi) is 4.03. The van der Waals surface area contributed by atoms with Crippen molar-refractivity contribution in [1.29, 1.82) is 0 Å². The summed E-state index contributed by atoms with van der Waals surface area (Å²) in [6.45, 7) is 3.16. The van der Waals surface area contributed by atoms with Crippen molar-refractivity contribution in [1.82, 2.24) is 19.5 Å². The minimum Gasteiger partial charge on any atom is -0.352 e. The lowest BCUT2D eigenvalue weighted by Crippen LogP contribution is -2.49. The normalized spacial score (nSPS) is 19.5. The molecule has 0 radical (unpaired) electrons. The van der Waals surface area contributed by atoms with E-state index in [9.17, 15) is 4.79 Å². The van der Waals surface area contributed by atoms with Crippen molar-refractivity contribution >= 4 is 17.4 Å². The molecule has 0 spiro atoms. The van der Waals surface area contributed by atoms with Crippen LogP contribution in [-0.4, -0.2) is 51.6 Å². The molecule has 0 unspecified atom stereocenters. The third kappa shape index (κ3) is 3.05. The molecular formula is C21H23N5O. The molecule has 3 aromatic rings. The van der Waals surface area contributed by atoms with Gasteiger partial charge in [-0.05, 0) is 42.0 Å². The molecule has 1 aromatic carbocycles. The van der Waals surface area contributed by atoms with Gasteiger partial charge in [0.2, 0.25) is 5.91 Å². The summed E-state index contributed by atoms with van der Waals surface area (Å²) >= 11 is 0. The lowest BCUT2D eigenvalue weighted by molar-refractivity contribution is -0.131. The highest BCUT2D eigenvalue weighted by Crippen LogP contribution is 2.35. The molecular weight excluding hydrogens is 338 g/mol. The third-order valence-corrected chi connectivity index (χ3v) is 5.88. The molecule has 0 bridgehead atoms. The van der Waals surface area contributed by atoms with E-state index >= 15 is 0 Å². The summed E-state index contributed by atoms with van der Waals surface area (Å²) in [6.07, 6.45) is 6.45. The van der Waals surface area contributed by atoms with E-state index in [0.29, 0.717) is 12.3 Å². The number of imidazole rings is 1. The molecule has 6 heteroatoms. The summed E-state index contributed by atoms with van der Waals surface area (Å²) in [5.74, 6) is 1.61. The van der Waals surface area contributed by atoms with E-state index in [4.69, 9.17) is 0 Å². The van der Waals surface area contributed by atoms with Gasteiger partial charge in [-0.25, -0.2) is 9.50 Å². The van der Waals surface area contributed by atoms with Gasteiger partial charge in [-0.2, -0.15) is 0 Å². The van der Waals surface area contributed by atoms with Crippen LogP contribution in [0.4, 0.5) is 5.82 Å². The van der Waals surface area contributed by atoms with E-state index in [-0.39, 0.29) is 5.91 Å². The maximum atomic E-state index is 12.8. The zero-order chi connectivity index (χ0) is 18.2. The quantitative estimate of drug-likeness (QED) is 0.719. The molecule has 2 aromatic heterocycles. The van der Waals surface area contributed by atoms with Crippen LogP contribution in [0.15, 0.2) is 48.8 Å².